The summed E-state index contributed by atoms with van der Waals surface area (Å²) in [7, 11) is 0. The van der Waals surface area contributed by atoms with Gasteiger partial charge in [-0.2, -0.15) is 0 Å². The molecule has 1 amide bonds. The molecule has 20 heavy (non-hydrogen) atoms. The number of rotatable bonds is 3. The zero-order valence-corrected chi connectivity index (χ0v) is 12.5. The van der Waals surface area contributed by atoms with Crippen LogP contribution in [0.4, 0.5) is 0 Å². The monoisotopic (exact) mass is 275 g/mol. The predicted molar refractivity (Wildman–Crippen MR) is 79.9 cm³/mol. The molecule has 0 aromatic carbocycles. The number of carbonyl (C=O) groups is 1. The van der Waals surface area contributed by atoms with Crippen LogP contribution in [-0.4, -0.2) is 28.6 Å². The van der Waals surface area contributed by atoms with Crippen LogP contribution in [0, 0.1) is 0 Å². The number of carbonyl (C=O) groups excluding carboxylic acids is 1. The molecule has 1 saturated carbocycles. The van der Waals surface area contributed by atoms with Gasteiger partial charge in [0, 0.05) is 23.8 Å². The summed E-state index contributed by atoms with van der Waals surface area (Å²) < 4.78 is 2.04. The molecule has 3 rings (SSSR count). The van der Waals surface area contributed by atoms with Crippen LogP contribution in [0.2, 0.25) is 0 Å². The highest BCUT2D eigenvalue weighted by Crippen LogP contribution is 2.38. The van der Waals surface area contributed by atoms with Gasteiger partial charge in [-0.3, -0.25) is 4.79 Å². The third-order valence-electron chi connectivity index (χ3n) is 4.84. The predicted octanol–water partition coefficient (Wildman–Crippen LogP) is 2.47. The van der Waals surface area contributed by atoms with Gasteiger partial charge < -0.3 is 15.2 Å². The van der Waals surface area contributed by atoms with Crippen molar-refractivity contribution in [1.82, 2.24) is 15.2 Å². The van der Waals surface area contributed by atoms with E-state index in [4.69, 9.17) is 0 Å². The third kappa shape index (κ3) is 2.49. The Labute approximate surface area is 120 Å². The van der Waals surface area contributed by atoms with E-state index in [2.05, 4.69) is 24.5 Å². The van der Waals surface area contributed by atoms with Crippen molar-refractivity contribution in [2.75, 3.05) is 6.54 Å². The molecular weight excluding hydrogens is 250 g/mol. The van der Waals surface area contributed by atoms with Crippen molar-refractivity contribution in [3.05, 3.63) is 24.0 Å². The van der Waals surface area contributed by atoms with Crippen molar-refractivity contribution >= 4 is 5.91 Å². The van der Waals surface area contributed by atoms with Crippen molar-refractivity contribution in [2.24, 2.45) is 0 Å². The number of piperidine rings is 1. The zero-order chi connectivity index (χ0) is 14.2. The lowest BCUT2D eigenvalue weighted by Gasteiger charge is -2.48. The van der Waals surface area contributed by atoms with Crippen LogP contribution in [0.25, 0.3) is 0 Å². The maximum atomic E-state index is 12.5. The molecule has 110 valence electrons. The minimum atomic E-state index is 0.0741. The van der Waals surface area contributed by atoms with Crippen LogP contribution in [0.5, 0.6) is 0 Å². The van der Waals surface area contributed by atoms with Gasteiger partial charge in [0.25, 0.3) is 5.91 Å². The summed E-state index contributed by atoms with van der Waals surface area (Å²) in [5.41, 5.74) is 1.11. The first-order valence-corrected chi connectivity index (χ1v) is 7.82. The van der Waals surface area contributed by atoms with Gasteiger partial charge in [0.05, 0.1) is 0 Å². The molecule has 2 aliphatic rings. The molecule has 1 aliphatic carbocycles. The van der Waals surface area contributed by atoms with Crippen LogP contribution in [0.3, 0.4) is 0 Å². The van der Waals surface area contributed by atoms with E-state index < -0.39 is 0 Å². The van der Waals surface area contributed by atoms with E-state index in [1.54, 1.807) is 0 Å². The molecule has 4 nitrogen and oxygen atoms in total. The molecule has 0 radical (unpaired) electrons. The second-order valence-corrected chi connectivity index (χ2v) is 6.62. The Morgan fingerprint density at radius 2 is 2.30 bits per heavy atom. The summed E-state index contributed by atoms with van der Waals surface area (Å²) in [5, 5.41) is 6.88. The van der Waals surface area contributed by atoms with E-state index in [9.17, 15) is 4.79 Å². The van der Waals surface area contributed by atoms with Crippen molar-refractivity contribution in [3.63, 3.8) is 0 Å². The molecule has 2 N–H and O–H groups in total. The van der Waals surface area contributed by atoms with E-state index in [1.165, 1.54) is 19.3 Å². The Hall–Kier alpha value is -1.29. The number of amides is 1. The highest BCUT2D eigenvalue weighted by Gasteiger charge is 2.41. The highest BCUT2D eigenvalue weighted by atomic mass is 16.2. The molecule has 1 atom stereocenters. The molecule has 1 unspecified atom stereocenters. The van der Waals surface area contributed by atoms with E-state index >= 15 is 0 Å². The van der Waals surface area contributed by atoms with Gasteiger partial charge in [-0.25, -0.2) is 0 Å². The first kappa shape index (κ1) is 13.7. The first-order valence-electron chi connectivity index (χ1n) is 7.82. The number of nitrogens with one attached hydrogen (secondary N) is 2. The smallest absolute Gasteiger partial charge is 0.268 e. The maximum absolute atomic E-state index is 12.5. The Balaban J connectivity index is 1.65. The van der Waals surface area contributed by atoms with Crippen LogP contribution in [-0.2, 0) is 0 Å². The lowest BCUT2D eigenvalue weighted by Crippen LogP contribution is -2.59. The normalized spacial score (nSPS) is 24.6. The largest absolute Gasteiger partial charge is 0.348 e. The van der Waals surface area contributed by atoms with Crippen molar-refractivity contribution in [2.45, 2.75) is 63.6 Å². The second-order valence-electron chi connectivity index (χ2n) is 6.62. The summed E-state index contributed by atoms with van der Waals surface area (Å²) in [5.74, 6) is 0.0741. The quantitative estimate of drug-likeness (QED) is 0.890. The molecule has 1 aromatic heterocycles. The average molecular weight is 275 g/mol. The molecule has 0 bridgehead atoms. The Morgan fingerprint density at radius 1 is 1.50 bits per heavy atom. The summed E-state index contributed by atoms with van der Waals surface area (Å²) >= 11 is 0. The van der Waals surface area contributed by atoms with Crippen LogP contribution < -0.4 is 10.6 Å². The molecule has 4 heteroatoms. The number of aromatic nitrogens is 1. The zero-order valence-electron chi connectivity index (χ0n) is 12.5. The van der Waals surface area contributed by atoms with Gasteiger partial charge in [0.1, 0.15) is 5.69 Å². The number of hydrogen-bond donors (Lipinski definition) is 2. The van der Waals surface area contributed by atoms with Gasteiger partial charge in [-0.05, 0) is 64.6 Å². The second kappa shape index (κ2) is 5.24. The Bertz CT molecular complexity index is 488. The summed E-state index contributed by atoms with van der Waals surface area (Å²) in [6, 6.07) is 4.50. The minimum Gasteiger partial charge on any atom is -0.348 e. The van der Waals surface area contributed by atoms with E-state index in [0.29, 0.717) is 17.6 Å². The molecule has 1 aliphatic heterocycles. The maximum Gasteiger partial charge on any atom is 0.268 e. The SMILES string of the molecule is CC(C)n1cccc1C(=O)NC1CCNC2(CCC2)C1. The summed E-state index contributed by atoms with van der Waals surface area (Å²) in [6.45, 7) is 5.23. The van der Waals surface area contributed by atoms with Crippen LogP contribution in [0.15, 0.2) is 18.3 Å². The molecular formula is C16H25N3O. The summed E-state index contributed by atoms with van der Waals surface area (Å²) in [6.07, 6.45) is 7.96. The van der Waals surface area contributed by atoms with Crippen molar-refractivity contribution < 1.29 is 4.79 Å². The Morgan fingerprint density at radius 3 is 2.95 bits per heavy atom. The number of nitrogens with zero attached hydrogens (tertiary/aromatic N) is 1. The average Bonchev–Trinajstić information content (AvgIpc) is 2.86. The Kier molecular flexibility index (Phi) is 3.59. The molecule has 1 saturated heterocycles. The van der Waals surface area contributed by atoms with Gasteiger partial charge >= 0.3 is 0 Å². The lowest BCUT2D eigenvalue weighted by molar-refractivity contribution is 0.0843. The standard InChI is InChI=1S/C16H25N3O/c1-12(2)19-10-3-5-14(19)15(20)18-13-6-9-17-16(11-13)7-4-8-16/h3,5,10,12-13,17H,4,6-9,11H2,1-2H3,(H,18,20). The summed E-state index contributed by atoms with van der Waals surface area (Å²) in [4.78, 5) is 12.5. The lowest BCUT2D eigenvalue weighted by atomic mass is 9.70. The minimum absolute atomic E-state index is 0.0741. The van der Waals surface area contributed by atoms with E-state index in [1.807, 2.05) is 22.9 Å². The number of hydrogen-bond acceptors (Lipinski definition) is 2. The van der Waals surface area contributed by atoms with E-state index in [-0.39, 0.29) is 5.91 Å². The van der Waals surface area contributed by atoms with Crippen molar-refractivity contribution in [1.29, 1.82) is 0 Å². The van der Waals surface area contributed by atoms with Crippen molar-refractivity contribution in [3.8, 4) is 0 Å². The van der Waals surface area contributed by atoms with Crippen LogP contribution in [0.1, 0.15) is 62.5 Å². The third-order valence-corrected chi connectivity index (χ3v) is 4.84. The van der Waals surface area contributed by atoms with Crippen LogP contribution >= 0.6 is 0 Å². The van der Waals surface area contributed by atoms with Gasteiger partial charge in [0.15, 0.2) is 0 Å². The topological polar surface area (TPSA) is 46.1 Å². The fourth-order valence-corrected chi connectivity index (χ4v) is 3.56. The fraction of sp³-hybridized carbons (Fsp3) is 0.688. The molecule has 2 fully saturated rings. The fourth-order valence-electron chi connectivity index (χ4n) is 3.56. The van der Waals surface area contributed by atoms with Gasteiger partial charge in [-0.15, -0.1) is 0 Å². The molecule has 2 heterocycles. The highest BCUT2D eigenvalue weighted by molar-refractivity contribution is 5.93. The van der Waals surface area contributed by atoms with E-state index in [0.717, 1.165) is 25.1 Å². The molecule has 1 aromatic rings. The molecule has 1 spiro atoms. The van der Waals surface area contributed by atoms with Gasteiger partial charge in [-0.1, -0.05) is 0 Å². The van der Waals surface area contributed by atoms with Gasteiger partial charge in [0.2, 0.25) is 0 Å². The first-order chi connectivity index (χ1) is 9.60.